The van der Waals surface area contributed by atoms with E-state index < -0.39 is 29.6 Å². The summed E-state index contributed by atoms with van der Waals surface area (Å²) >= 11 is 1.71. The summed E-state index contributed by atoms with van der Waals surface area (Å²) < 4.78 is 20.2. The molecule has 1 unspecified atom stereocenters. The summed E-state index contributed by atoms with van der Waals surface area (Å²) in [6.45, 7) is 4.37. The van der Waals surface area contributed by atoms with E-state index in [0.29, 0.717) is 6.42 Å². The molecule has 2 aromatic rings. The van der Waals surface area contributed by atoms with E-state index in [9.17, 15) is 19.5 Å². The van der Waals surface area contributed by atoms with Gasteiger partial charge in [0, 0.05) is 16.4 Å². The Bertz CT molecular complexity index is 959. The fourth-order valence-corrected chi connectivity index (χ4v) is 4.35. The SMILES string of the molecule is CCOC(=O)C(OCCCCCc1ccc(Sc2ccccc2)cc1)C(O)(C(=O)OCC)C(=O)OCC. The van der Waals surface area contributed by atoms with Crippen LogP contribution in [0, 0.1) is 0 Å². The number of unbranched alkanes of at least 4 members (excludes halogenated alkanes) is 2. The molecule has 0 aliphatic carbocycles. The van der Waals surface area contributed by atoms with Gasteiger partial charge in [0.25, 0.3) is 5.60 Å². The van der Waals surface area contributed by atoms with Crippen LogP contribution in [-0.4, -0.2) is 61.1 Å². The minimum absolute atomic E-state index is 0.0247. The summed E-state index contributed by atoms with van der Waals surface area (Å²) in [6.07, 6.45) is 1.15. The van der Waals surface area contributed by atoms with Crippen LogP contribution < -0.4 is 0 Å². The van der Waals surface area contributed by atoms with Gasteiger partial charge in [-0.2, -0.15) is 0 Å². The van der Waals surface area contributed by atoms with Crippen molar-refractivity contribution in [3.8, 4) is 0 Å². The lowest BCUT2D eigenvalue weighted by molar-refractivity contribution is -0.208. The molecular formula is C28H36O8S. The normalized spacial score (nSPS) is 12.0. The second-order valence-corrected chi connectivity index (χ2v) is 9.23. The largest absolute Gasteiger partial charge is 0.464 e. The molecule has 0 spiro atoms. The molecule has 2 rings (SSSR count). The molecule has 9 heteroatoms. The molecule has 37 heavy (non-hydrogen) atoms. The first-order chi connectivity index (χ1) is 17.9. The molecule has 202 valence electrons. The number of aryl methyl sites for hydroxylation is 1. The van der Waals surface area contributed by atoms with Crippen LogP contribution in [0.15, 0.2) is 64.4 Å². The number of rotatable bonds is 16. The molecule has 0 fully saturated rings. The Kier molecular flexibility index (Phi) is 13.2. The summed E-state index contributed by atoms with van der Waals surface area (Å²) in [6, 6.07) is 18.6. The summed E-state index contributed by atoms with van der Waals surface area (Å²) in [5, 5.41) is 11.0. The monoisotopic (exact) mass is 532 g/mol. The van der Waals surface area contributed by atoms with Crippen molar-refractivity contribution in [2.45, 2.75) is 68.0 Å². The lowest BCUT2D eigenvalue weighted by Gasteiger charge is -2.30. The smallest absolute Gasteiger partial charge is 0.353 e. The van der Waals surface area contributed by atoms with Gasteiger partial charge in [-0.05, 0) is 69.9 Å². The lowest BCUT2D eigenvalue weighted by atomic mass is 9.96. The fraction of sp³-hybridized carbons (Fsp3) is 0.464. The van der Waals surface area contributed by atoms with E-state index >= 15 is 0 Å². The first kappa shape index (κ1) is 30.3. The quantitative estimate of drug-likeness (QED) is 0.146. The summed E-state index contributed by atoms with van der Waals surface area (Å²) in [5.41, 5.74) is -1.75. The van der Waals surface area contributed by atoms with Crippen molar-refractivity contribution in [2.24, 2.45) is 0 Å². The molecule has 0 amide bonds. The third-order valence-corrected chi connectivity index (χ3v) is 6.37. The molecule has 0 heterocycles. The third kappa shape index (κ3) is 9.18. The van der Waals surface area contributed by atoms with Crippen LogP contribution in [0.3, 0.4) is 0 Å². The summed E-state index contributed by atoms with van der Waals surface area (Å²) in [5.74, 6) is -3.68. The van der Waals surface area contributed by atoms with E-state index in [1.807, 2.05) is 18.2 Å². The highest BCUT2D eigenvalue weighted by Gasteiger charge is 2.58. The molecule has 0 radical (unpaired) electrons. The standard InChI is InChI=1S/C28H36O8S/c1-4-33-25(29)24(28(32,26(30)34-5-2)27(31)35-6-3)36-20-12-8-9-13-21-16-18-23(19-17-21)37-22-14-10-7-11-15-22/h7,10-11,14-19,24,32H,4-6,8-9,12-13,20H2,1-3H3. The maximum atomic E-state index is 12.5. The van der Waals surface area contributed by atoms with Gasteiger partial charge in [-0.15, -0.1) is 0 Å². The van der Waals surface area contributed by atoms with Gasteiger partial charge in [-0.25, -0.2) is 14.4 Å². The predicted octanol–water partition coefficient (Wildman–Crippen LogP) is 4.36. The molecule has 0 aliphatic rings. The van der Waals surface area contributed by atoms with Crippen molar-refractivity contribution in [3.63, 3.8) is 0 Å². The molecule has 8 nitrogen and oxygen atoms in total. The summed E-state index contributed by atoms with van der Waals surface area (Å²) in [7, 11) is 0. The zero-order chi connectivity index (χ0) is 27.1. The average Bonchev–Trinajstić information content (AvgIpc) is 2.89. The Hall–Kier alpha value is -2.88. The number of benzene rings is 2. The van der Waals surface area contributed by atoms with Gasteiger partial charge in [0.15, 0.2) is 0 Å². The topological polar surface area (TPSA) is 108 Å². The number of esters is 3. The van der Waals surface area contributed by atoms with Crippen LogP contribution in [-0.2, 0) is 39.8 Å². The van der Waals surface area contributed by atoms with Gasteiger partial charge < -0.3 is 24.1 Å². The maximum Gasteiger partial charge on any atom is 0.353 e. The minimum atomic E-state index is -2.96. The number of carbonyl (C=O) groups is 3. The van der Waals surface area contributed by atoms with Crippen LogP contribution in [0.2, 0.25) is 0 Å². The second-order valence-electron chi connectivity index (χ2n) is 8.08. The Labute approximate surface area is 222 Å². The van der Waals surface area contributed by atoms with Crippen molar-refractivity contribution in [1.82, 2.24) is 0 Å². The zero-order valence-corrected chi connectivity index (χ0v) is 22.5. The molecule has 0 saturated heterocycles. The van der Waals surface area contributed by atoms with Crippen LogP contribution in [0.25, 0.3) is 0 Å². The van der Waals surface area contributed by atoms with Crippen molar-refractivity contribution in [2.75, 3.05) is 26.4 Å². The summed E-state index contributed by atoms with van der Waals surface area (Å²) in [4.78, 5) is 39.9. The second kappa shape index (κ2) is 16.1. The van der Waals surface area contributed by atoms with Crippen molar-refractivity contribution in [3.05, 3.63) is 60.2 Å². The fourth-order valence-electron chi connectivity index (χ4n) is 3.51. The van der Waals surface area contributed by atoms with Gasteiger partial charge in [-0.3, -0.25) is 0 Å². The van der Waals surface area contributed by atoms with E-state index in [1.165, 1.54) is 29.2 Å². The van der Waals surface area contributed by atoms with Gasteiger partial charge in [0.1, 0.15) is 0 Å². The first-order valence-corrected chi connectivity index (χ1v) is 13.3. The Morgan fingerprint density at radius 1 is 0.784 bits per heavy atom. The Morgan fingerprint density at radius 3 is 1.92 bits per heavy atom. The Morgan fingerprint density at radius 2 is 1.35 bits per heavy atom. The highest BCUT2D eigenvalue weighted by Crippen LogP contribution is 2.27. The van der Waals surface area contributed by atoms with E-state index in [4.69, 9.17) is 18.9 Å². The molecule has 0 saturated carbocycles. The molecule has 1 N–H and O–H groups in total. The van der Waals surface area contributed by atoms with Crippen LogP contribution in [0.4, 0.5) is 0 Å². The van der Waals surface area contributed by atoms with E-state index in [-0.39, 0.29) is 26.4 Å². The highest BCUT2D eigenvalue weighted by molar-refractivity contribution is 7.99. The van der Waals surface area contributed by atoms with Crippen LogP contribution in [0.5, 0.6) is 0 Å². The van der Waals surface area contributed by atoms with Crippen LogP contribution >= 0.6 is 11.8 Å². The van der Waals surface area contributed by atoms with E-state index in [1.54, 1.807) is 18.7 Å². The number of ether oxygens (including phenoxy) is 4. The zero-order valence-electron chi connectivity index (χ0n) is 21.6. The molecule has 0 aromatic heterocycles. The molecular weight excluding hydrogens is 496 g/mol. The number of carbonyl (C=O) groups excluding carboxylic acids is 3. The number of aliphatic hydroxyl groups is 1. The predicted molar refractivity (Wildman–Crippen MR) is 139 cm³/mol. The van der Waals surface area contributed by atoms with Crippen molar-refractivity contribution in [1.29, 1.82) is 0 Å². The minimum Gasteiger partial charge on any atom is -0.464 e. The van der Waals surface area contributed by atoms with Crippen LogP contribution in [0.1, 0.15) is 45.6 Å². The maximum absolute atomic E-state index is 12.5. The molecule has 0 aliphatic heterocycles. The first-order valence-electron chi connectivity index (χ1n) is 12.5. The van der Waals surface area contributed by atoms with Gasteiger partial charge >= 0.3 is 17.9 Å². The van der Waals surface area contributed by atoms with Crippen molar-refractivity contribution >= 4 is 29.7 Å². The van der Waals surface area contributed by atoms with E-state index in [2.05, 4.69) is 36.4 Å². The van der Waals surface area contributed by atoms with Crippen molar-refractivity contribution < 1.29 is 38.4 Å². The molecule has 2 aromatic carbocycles. The molecule has 0 bridgehead atoms. The number of hydrogen-bond acceptors (Lipinski definition) is 9. The average molecular weight is 533 g/mol. The third-order valence-electron chi connectivity index (χ3n) is 5.35. The van der Waals surface area contributed by atoms with Gasteiger partial charge in [-0.1, -0.05) is 48.5 Å². The van der Waals surface area contributed by atoms with E-state index in [0.717, 1.165) is 19.3 Å². The van der Waals surface area contributed by atoms with Gasteiger partial charge in [0.2, 0.25) is 6.10 Å². The van der Waals surface area contributed by atoms with Gasteiger partial charge in [0.05, 0.1) is 19.8 Å². The lowest BCUT2D eigenvalue weighted by Crippen LogP contribution is -2.61. The highest BCUT2D eigenvalue weighted by atomic mass is 32.2. The Balaban J connectivity index is 1.89. The number of hydrogen-bond donors (Lipinski definition) is 1. The molecule has 1 atom stereocenters.